The van der Waals surface area contributed by atoms with Gasteiger partial charge in [-0.2, -0.15) is 5.10 Å². The second kappa shape index (κ2) is 12.9. The third-order valence-corrected chi connectivity index (χ3v) is 7.48. The van der Waals surface area contributed by atoms with Crippen LogP contribution in [0, 0.1) is 26.7 Å². The molecule has 0 radical (unpaired) electrons. The molecule has 2 N–H and O–H groups in total. The van der Waals surface area contributed by atoms with E-state index in [1.54, 1.807) is 23.4 Å². The maximum atomic E-state index is 13.6. The van der Waals surface area contributed by atoms with Crippen LogP contribution in [0.1, 0.15) is 78.2 Å². The van der Waals surface area contributed by atoms with Crippen LogP contribution in [0.2, 0.25) is 0 Å². The van der Waals surface area contributed by atoms with E-state index in [9.17, 15) is 14.4 Å². The molecule has 1 aliphatic rings. The van der Waals surface area contributed by atoms with Gasteiger partial charge in [0.1, 0.15) is 29.0 Å². The second-order valence-corrected chi connectivity index (χ2v) is 10.5. The van der Waals surface area contributed by atoms with E-state index in [2.05, 4.69) is 20.9 Å². The number of benzene rings is 1. The monoisotopic (exact) mass is 549 g/mol. The molecule has 4 rings (SSSR count). The standard InChI is InChI=1S/C29H39N7O4/c1-6-18(2)26-28(38)31-23(17-22-11-8-7-9-12-22)27-30-21(5)33-36(27)16-15-35(14-10-13-24(37)32-26)29(39)25-19(3)34-40-20(25)4/h7-9,11-12,18,23,26H,6,10,13-17H2,1-5H3,(H,31,38)(H,32,37)/t18-,23-,26-/m0/s1. The summed E-state index contributed by atoms with van der Waals surface area (Å²) in [5, 5.41) is 14.7. The minimum Gasteiger partial charge on any atom is -0.361 e. The first-order chi connectivity index (χ1) is 19.2. The molecule has 3 atom stereocenters. The Morgan fingerprint density at radius 1 is 1.10 bits per heavy atom. The van der Waals surface area contributed by atoms with Gasteiger partial charge in [0.15, 0.2) is 0 Å². The number of carbonyl (C=O) groups excluding carboxylic acids is 3. The number of fused-ring (bicyclic) bond motifs is 1. The third-order valence-electron chi connectivity index (χ3n) is 7.48. The lowest BCUT2D eigenvalue weighted by Gasteiger charge is -2.28. The predicted molar refractivity (Wildman–Crippen MR) is 148 cm³/mol. The van der Waals surface area contributed by atoms with E-state index in [0.29, 0.717) is 61.1 Å². The SMILES string of the molecule is CC[C@H](C)[C@@H]1NC(=O)CCCN(C(=O)c2c(C)noc2C)CCn2nc(C)nc2[C@H](Cc2ccccc2)NC1=O. The molecule has 0 saturated heterocycles. The van der Waals surface area contributed by atoms with Crippen LogP contribution in [0.15, 0.2) is 34.9 Å². The smallest absolute Gasteiger partial charge is 0.259 e. The van der Waals surface area contributed by atoms with Gasteiger partial charge in [-0.3, -0.25) is 14.4 Å². The van der Waals surface area contributed by atoms with Crippen molar-refractivity contribution in [2.75, 3.05) is 13.1 Å². The number of nitrogens with one attached hydrogen (secondary N) is 2. The summed E-state index contributed by atoms with van der Waals surface area (Å²) in [7, 11) is 0. The Morgan fingerprint density at radius 2 is 1.85 bits per heavy atom. The van der Waals surface area contributed by atoms with Crippen molar-refractivity contribution in [3.63, 3.8) is 0 Å². The Balaban J connectivity index is 1.71. The molecule has 0 saturated carbocycles. The van der Waals surface area contributed by atoms with Crippen LogP contribution < -0.4 is 10.6 Å². The van der Waals surface area contributed by atoms with Crippen LogP contribution in [0.25, 0.3) is 0 Å². The zero-order chi connectivity index (χ0) is 28.8. The molecule has 1 aromatic carbocycles. The molecule has 0 fully saturated rings. The minimum absolute atomic E-state index is 0.0774. The summed E-state index contributed by atoms with van der Waals surface area (Å²) in [5.41, 5.74) is 1.99. The Kier molecular flexibility index (Phi) is 9.34. The molecule has 11 nitrogen and oxygen atoms in total. The zero-order valence-corrected chi connectivity index (χ0v) is 23.9. The first kappa shape index (κ1) is 29.0. The average Bonchev–Trinajstić information content (AvgIpc) is 3.48. The topological polar surface area (TPSA) is 135 Å². The molecular formula is C29H39N7O4. The number of aryl methyl sites for hydroxylation is 3. The van der Waals surface area contributed by atoms with E-state index in [4.69, 9.17) is 9.51 Å². The molecule has 3 aromatic rings. The Morgan fingerprint density at radius 3 is 2.52 bits per heavy atom. The Hall–Kier alpha value is -4.02. The lowest BCUT2D eigenvalue weighted by atomic mass is 9.97. The first-order valence-electron chi connectivity index (χ1n) is 13.9. The molecule has 11 heteroatoms. The van der Waals surface area contributed by atoms with Gasteiger partial charge in [0.25, 0.3) is 5.91 Å². The minimum atomic E-state index is -0.698. The normalized spacial score (nSPS) is 19.8. The number of aromatic nitrogens is 4. The number of amides is 3. The van der Waals surface area contributed by atoms with Crippen molar-refractivity contribution >= 4 is 17.7 Å². The highest BCUT2D eigenvalue weighted by atomic mass is 16.5. The summed E-state index contributed by atoms with van der Waals surface area (Å²) in [6.07, 6.45) is 1.84. The number of rotatable bonds is 5. The molecule has 214 valence electrons. The summed E-state index contributed by atoms with van der Waals surface area (Å²) in [5.74, 6) is 0.885. The molecule has 3 amide bonds. The van der Waals surface area contributed by atoms with Gasteiger partial charge in [-0.05, 0) is 45.1 Å². The lowest BCUT2D eigenvalue weighted by Crippen LogP contribution is -2.51. The zero-order valence-electron chi connectivity index (χ0n) is 23.9. The van der Waals surface area contributed by atoms with Crippen LogP contribution >= 0.6 is 0 Å². The lowest BCUT2D eigenvalue weighted by molar-refractivity contribution is -0.130. The maximum Gasteiger partial charge on any atom is 0.259 e. The van der Waals surface area contributed by atoms with Crippen LogP contribution in [0.4, 0.5) is 0 Å². The fraction of sp³-hybridized carbons (Fsp3) is 0.517. The van der Waals surface area contributed by atoms with Gasteiger partial charge in [0.2, 0.25) is 11.8 Å². The summed E-state index contributed by atoms with van der Waals surface area (Å²) < 4.78 is 7.02. The van der Waals surface area contributed by atoms with Gasteiger partial charge in [0, 0.05) is 19.5 Å². The second-order valence-electron chi connectivity index (χ2n) is 10.5. The first-order valence-corrected chi connectivity index (χ1v) is 13.9. The van der Waals surface area contributed by atoms with Crippen molar-refractivity contribution in [2.24, 2.45) is 5.92 Å². The van der Waals surface area contributed by atoms with E-state index in [1.165, 1.54) is 0 Å². The van der Waals surface area contributed by atoms with Gasteiger partial charge < -0.3 is 20.1 Å². The van der Waals surface area contributed by atoms with Crippen molar-refractivity contribution in [2.45, 2.75) is 78.9 Å². The quantitative estimate of drug-likeness (QED) is 0.499. The van der Waals surface area contributed by atoms with Gasteiger partial charge in [-0.1, -0.05) is 55.8 Å². The van der Waals surface area contributed by atoms with Crippen LogP contribution in [-0.2, 0) is 22.6 Å². The summed E-state index contributed by atoms with van der Waals surface area (Å²) in [4.78, 5) is 46.6. The largest absolute Gasteiger partial charge is 0.361 e. The van der Waals surface area contributed by atoms with E-state index < -0.39 is 12.1 Å². The summed E-state index contributed by atoms with van der Waals surface area (Å²) in [6.45, 7) is 10.3. The van der Waals surface area contributed by atoms with E-state index >= 15 is 0 Å². The van der Waals surface area contributed by atoms with E-state index in [-0.39, 0.29) is 30.1 Å². The van der Waals surface area contributed by atoms with Crippen molar-refractivity contribution in [1.29, 1.82) is 0 Å². The van der Waals surface area contributed by atoms with Crippen molar-refractivity contribution in [1.82, 2.24) is 35.5 Å². The fourth-order valence-corrected chi connectivity index (χ4v) is 5.07. The molecule has 0 aliphatic carbocycles. The summed E-state index contributed by atoms with van der Waals surface area (Å²) >= 11 is 0. The highest BCUT2D eigenvalue weighted by Crippen LogP contribution is 2.21. The molecular weight excluding hydrogens is 510 g/mol. The van der Waals surface area contributed by atoms with E-state index in [1.807, 2.05) is 51.1 Å². The summed E-state index contributed by atoms with van der Waals surface area (Å²) in [6, 6.07) is 8.67. The van der Waals surface area contributed by atoms with E-state index in [0.717, 1.165) is 12.0 Å². The molecule has 2 aromatic heterocycles. The average molecular weight is 550 g/mol. The highest BCUT2D eigenvalue weighted by Gasteiger charge is 2.31. The Labute approximate surface area is 234 Å². The fourth-order valence-electron chi connectivity index (χ4n) is 5.07. The number of nitrogens with zero attached hydrogens (tertiary/aromatic N) is 5. The molecule has 1 aliphatic heterocycles. The Bertz CT molecular complexity index is 1310. The molecule has 3 heterocycles. The molecule has 40 heavy (non-hydrogen) atoms. The van der Waals surface area contributed by atoms with Crippen molar-refractivity contribution < 1.29 is 18.9 Å². The molecule has 0 bridgehead atoms. The maximum absolute atomic E-state index is 13.6. The number of hydrogen-bond acceptors (Lipinski definition) is 7. The van der Waals surface area contributed by atoms with Crippen molar-refractivity contribution in [3.05, 3.63) is 64.6 Å². The predicted octanol–water partition coefficient (Wildman–Crippen LogP) is 3.06. The van der Waals surface area contributed by atoms with Gasteiger partial charge >= 0.3 is 0 Å². The molecule has 0 spiro atoms. The number of carbonyl (C=O) groups is 3. The van der Waals surface area contributed by atoms with Gasteiger partial charge in [-0.25, -0.2) is 9.67 Å². The molecule has 0 unspecified atom stereocenters. The van der Waals surface area contributed by atoms with Crippen LogP contribution in [-0.4, -0.2) is 61.7 Å². The van der Waals surface area contributed by atoms with Crippen LogP contribution in [0.3, 0.4) is 0 Å². The highest BCUT2D eigenvalue weighted by molar-refractivity contribution is 5.96. The van der Waals surface area contributed by atoms with Crippen LogP contribution in [0.5, 0.6) is 0 Å². The van der Waals surface area contributed by atoms with Crippen molar-refractivity contribution in [3.8, 4) is 0 Å². The van der Waals surface area contributed by atoms with Gasteiger partial charge in [-0.15, -0.1) is 0 Å². The third kappa shape index (κ3) is 6.75. The van der Waals surface area contributed by atoms with Gasteiger partial charge in [0.05, 0.1) is 18.3 Å². The number of hydrogen-bond donors (Lipinski definition) is 2.